The zero-order valence-electron chi connectivity index (χ0n) is 18.5. The Bertz CT molecular complexity index is 403. The zero-order valence-corrected chi connectivity index (χ0v) is 19.4. The lowest BCUT2D eigenvalue weighted by Gasteiger charge is -2.24. The number of rotatable bonds is 18. The third-order valence-electron chi connectivity index (χ3n) is 5.22. The van der Waals surface area contributed by atoms with Crippen molar-refractivity contribution in [2.24, 2.45) is 10.8 Å². The Labute approximate surface area is 167 Å². The molecule has 164 valence electrons. The molecule has 0 saturated heterocycles. The second kappa shape index (κ2) is 14.1. The first-order valence-corrected chi connectivity index (χ1v) is 12.3. The van der Waals surface area contributed by atoms with Crippen LogP contribution in [0.1, 0.15) is 105 Å². The maximum absolute atomic E-state index is 10.6. The first kappa shape index (κ1) is 27.1. The summed E-state index contributed by atoms with van der Waals surface area (Å²) in [7, 11) is -4.31. The van der Waals surface area contributed by atoms with Gasteiger partial charge in [-0.1, -0.05) is 60.3 Å². The average molecular weight is 409 g/mol. The Balaban J connectivity index is 3.53. The van der Waals surface area contributed by atoms with Crippen LogP contribution in [0, 0.1) is 10.8 Å². The largest absolute Gasteiger partial charge is 0.469 e. The van der Waals surface area contributed by atoms with Crippen molar-refractivity contribution in [1.82, 2.24) is 0 Å². The number of hydrogen-bond donors (Lipinski definition) is 2. The van der Waals surface area contributed by atoms with Gasteiger partial charge in [-0.2, -0.15) is 0 Å². The Morgan fingerprint density at radius 1 is 0.704 bits per heavy atom. The van der Waals surface area contributed by atoms with Gasteiger partial charge in [0.2, 0.25) is 0 Å². The molecule has 0 spiro atoms. The Kier molecular flexibility index (Phi) is 14.2. The summed E-state index contributed by atoms with van der Waals surface area (Å²) >= 11 is 0. The molecule has 0 unspecified atom stereocenters. The van der Waals surface area contributed by atoms with Gasteiger partial charge in [0.05, 0.1) is 6.61 Å². The van der Waals surface area contributed by atoms with Crippen LogP contribution in [0.4, 0.5) is 0 Å². The van der Waals surface area contributed by atoms with E-state index in [4.69, 9.17) is 14.5 Å². The van der Waals surface area contributed by atoms with Gasteiger partial charge in [-0.25, -0.2) is 4.57 Å². The third kappa shape index (κ3) is 19.2. The molecule has 0 aliphatic rings. The summed E-state index contributed by atoms with van der Waals surface area (Å²) < 4.78 is 20.9. The van der Waals surface area contributed by atoms with Crippen molar-refractivity contribution < 1.29 is 23.6 Å². The van der Waals surface area contributed by atoms with Crippen molar-refractivity contribution >= 4 is 7.82 Å². The summed E-state index contributed by atoms with van der Waals surface area (Å²) in [4.78, 5) is 17.3. The molecule has 6 heteroatoms. The van der Waals surface area contributed by atoms with Crippen LogP contribution in [0.5, 0.6) is 0 Å². The number of hydrogen-bond acceptors (Lipinski definition) is 3. The monoisotopic (exact) mass is 408 g/mol. The SMILES string of the molecule is CCCC(C)(C)CCCCOCCCCC(C)(C)CCCCOP(=O)(O)O. The first-order chi connectivity index (χ1) is 12.5. The van der Waals surface area contributed by atoms with Crippen LogP contribution in [0.15, 0.2) is 0 Å². The summed E-state index contributed by atoms with van der Waals surface area (Å²) in [5, 5.41) is 0. The Morgan fingerprint density at radius 3 is 1.52 bits per heavy atom. The van der Waals surface area contributed by atoms with Gasteiger partial charge in [0.25, 0.3) is 0 Å². The lowest BCUT2D eigenvalue weighted by molar-refractivity contribution is 0.119. The predicted octanol–water partition coefficient (Wildman–Crippen LogP) is 6.48. The molecule has 27 heavy (non-hydrogen) atoms. The van der Waals surface area contributed by atoms with E-state index < -0.39 is 7.82 Å². The molecule has 0 radical (unpaired) electrons. The average Bonchev–Trinajstić information content (AvgIpc) is 2.51. The van der Waals surface area contributed by atoms with E-state index in [1.807, 2.05) is 0 Å². The van der Waals surface area contributed by atoms with Gasteiger partial charge in [-0.3, -0.25) is 4.52 Å². The van der Waals surface area contributed by atoms with Crippen molar-refractivity contribution in [3.05, 3.63) is 0 Å². The Morgan fingerprint density at radius 2 is 1.11 bits per heavy atom. The molecule has 0 saturated carbocycles. The van der Waals surface area contributed by atoms with Gasteiger partial charge >= 0.3 is 7.82 Å². The summed E-state index contributed by atoms with van der Waals surface area (Å²) in [5.74, 6) is 0. The van der Waals surface area contributed by atoms with Gasteiger partial charge in [0.1, 0.15) is 0 Å². The Hall–Kier alpha value is 0.0700. The van der Waals surface area contributed by atoms with Crippen LogP contribution in [0.2, 0.25) is 0 Å². The van der Waals surface area contributed by atoms with Crippen LogP contribution in [-0.4, -0.2) is 29.6 Å². The molecule has 0 atom stereocenters. The standard InChI is InChI=1S/C21H45O5P/c1-6-13-20(2,3)14-7-10-17-25-18-11-8-15-21(4,5)16-9-12-19-26-27(22,23)24/h6-19H2,1-5H3,(H2,22,23,24). The molecular weight excluding hydrogens is 363 g/mol. The highest BCUT2D eigenvalue weighted by molar-refractivity contribution is 7.46. The third-order valence-corrected chi connectivity index (χ3v) is 5.74. The molecule has 0 aromatic carbocycles. The quantitative estimate of drug-likeness (QED) is 0.201. The second-order valence-corrected chi connectivity index (χ2v) is 10.6. The molecule has 0 aliphatic carbocycles. The van der Waals surface area contributed by atoms with E-state index in [-0.39, 0.29) is 12.0 Å². The summed E-state index contributed by atoms with van der Waals surface area (Å²) in [5.41, 5.74) is 0.731. The maximum atomic E-state index is 10.6. The minimum Gasteiger partial charge on any atom is -0.381 e. The summed E-state index contributed by atoms with van der Waals surface area (Å²) in [6.45, 7) is 13.4. The molecule has 0 fully saturated rings. The minimum absolute atomic E-state index is 0.129. The lowest BCUT2D eigenvalue weighted by atomic mass is 9.82. The molecule has 0 aromatic rings. The zero-order chi connectivity index (χ0) is 20.8. The van der Waals surface area contributed by atoms with Crippen LogP contribution in [0.3, 0.4) is 0 Å². The van der Waals surface area contributed by atoms with Crippen LogP contribution < -0.4 is 0 Å². The highest BCUT2D eigenvalue weighted by Crippen LogP contribution is 2.36. The van der Waals surface area contributed by atoms with Crippen molar-refractivity contribution in [3.8, 4) is 0 Å². The van der Waals surface area contributed by atoms with Crippen molar-refractivity contribution in [2.45, 2.75) is 105 Å². The molecule has 2 N–H and O–H groups in total. The first-order valence-electron chi connectivity index (χ1n) is 10.8. The number of phosphoric ester groups is 1. The molecule has 0 heterocycles. The van der Waals surface area contributed by atoms with Crippen molar-refractivity contribution in [1.29, 1.82) is 0 Å². The second-order valence-electron chi connectivity index (χ2n) is 9.39. The normalized spacial score (nSPS) is 13.3. The molecule has 0 aliphatic heterocycles. The highest BCUT2D eigenvalue weighted by Gasteiger charge is 2.18. The molecule has 0 aromatic heterocycles. The van der Waals surface area contributed by atoms with E-state index in [2.05, 4.69) is 39.1 Å². The molecular formula is C21H45O5P. The molecule has 0 rings (SSSR count). The molecule has 5 nitrogen and oxygen atoms in total. The minimum atomic E-state index is -4.31. The van der Waals surface area contributed by atoms with E-state index >= 15 is 0 Å². The van der Waals surface area contributed by atoms with Crippen LogP contribution in [0.25, 0.3) is 0 Å². The number of unbranched alkanes of at least 4 members (excludes halogenated alkanes) is 3. The summed E-state index contributed by atoms with van der Waals surface area (Å²) in [6, 6.07) is 0. The van der Waals surface area contributed by atoms with Gasteiger partial charge in [0.15, 0.2) is 0 Å². The van der Waals surface area contributed by atoms with E-state index in [1.165, 1.54) is 25.7 Å². The van der Waals surface area contributed by atoms with Gasteiger partial charge in [0, 0.05) is 13.2 Å². The number of phosphoric acid groups is 1. The molecule has 0 amide bonds. The van der Waals surface area contributed by atoms with E-state index in [9.17, 15) is 4.57 Å². The van der Waals surface area contributed by atoms with Gasteiger partial charge < -0.3 is 14.5 Å². The fourth-order valence-electron chi connectivity index (χ4n) is 3.53. The predicted molar refractivity (Wildman–Crippen MR) is 113 cm³/mol. The lowest BCUT2D eigenvalue weighted by Crippen LogP contribution is -2.12. The highest BCUT2D eigenvalue weighted by atomic mass is 31.2. The van der Waals surface area contributed by atoms with E-state index in [0.29, 0.717) is 11.8 Å². The van der Waals surface area contributed by atoms with Crippen molar-refractivity contribution in [2.75, 3.05) is 19.8 Å². The van der Waals surface area contributed by atoms with Crippen molar-refractivity contribution in [3.63, 3.8) is 0 Å². The molecule has 0 bridgehead atoms. The number of ether oxygens (including phenoxy) is 1. The summed E-state index contributed by atoms with van der Waals surface area (Å²) in [6.07, 6.45) is 12.4. The topological polar surface area (TPSA) is 76.0 Å². The smallest absolute Gasteiger partial charge is 0.381 e. The van der Waals surface area contributed by atoms with Gasteiger partial charge in [-0.15, -0.1) is 0 Å². The van der Waals surface area contributed by atoms with E-state index in [0.717, 1.165) is 51.7 Å². The fourth-order valence-corrected chi connectivity index (χ4v) is 3.90. The van der Waals surface area contributed by atoms with Crippen LogP contribution >= 0.6 is 7.82 Å². The maximum Gasteiger partial charge on any atom is 0.469 e. The fraction of sp³-hybridized carbons (Fsp3) is 1.00. The van der Waals surface area contributed by atoms with Crippen LogP contribution in [-0.2, 0) is 13.8 Å². The van der Waals surface area contributed by atoms with Gasteiger partial charge in [-0.05, 0) is 55.8 Å². The van der Waals surface area contributed by atoms with E-state index in [1.54, 1.807) is 0 Å².